The molecular weight excluding hydrogens is 320 g/mol. The fraction of sp³-hybridized carbons (Fsp3) is 0.467. The van der Waals surface area contributed by atoms with E-state index in [-0.39, 0.29) is 11.9 Å². The van der Waals surface area contributed by atoms with Crippen molar-refractivity contribution in [1.82, 2.24) is 0 Å². The van der Waals surface area contributed by atoms with Gasteiger partial charge in [-0.15, -0.1) is 0 Å². The first kappa shape index (κ1) is 14.9. The lowest BCUT2D eigenvalue weighted by Gasteiger charge is -2.33. The molecule has 0 aliphatic carbocycles. The number of nitriles is 1. The Morgan fingerprint density at radius 1 is 1.50 bits per heavy atom. The van der Waals surface area contributed by atoms with Crippen molar-refractivity contribution in [3.63, 3.8) is 0 Å². The van der Waals surface area contributed by atoms with Crippen molar-refractivity contribution in [2.45, 2.75) is 19.8 Å². The topological polar surface area (TPSA) is 53.3 Å². The van der Waals surface area contributed by atoms with Gasteiger partial charge in [-0.25, -0.2) is 0 Å². The molecule has 2 rings (SSSR count). The summed E-state index contributed by atoms with van der Waals surface area (Å²) >= 11 is 3.52. The minimum absolute atomic E-state index is 0.00382. The van der Waals surface area contributed by atoms with Gasteiger partial charge in [-0.1, -0.05) is 0 Å². The minimum atomic E-state index is -0.0861. The molecule has 0 spiro atoms. The van der Waals surface area contributed by atoms with E-state index < -0.39 is 0 Å². The van der Waals surface area contributed by atoms with Crippen LogP contribution in [0.4, 0.5) is 5.69 Å². The number of piperidine rings is 1. The molecule has 1 saturated heterocycles. The molecule has 1 aromatic carbocycles. The van der Waals surface area contributed by atoms with Crippen LogP contribution in [0.25, 0.3) is 0 Å². The quantitative estimate of drug-likeness (QED) is 0.796. The third-order valence-corrected chi connectivity index (χ3v) is 4.20. The number of carbonyl (C=O) groups is 1. The Balaban J connectivity index is 2.04. The molecule has 0 atom stereocenters. The molecule has 0 bridgehead atoms. The molecule has 1 fully saturated rings. The van der Waals surface area contributed by atoms with Crippen molar-refractivity contribution in [2.24, 2.45) is 5.92 Å². The highest BCUT2D eigenvalue weighted by Gasteiger charge is 2.26. The monoisotopic (exact) mass is 336 g/mol. The molecular formula is C15H17BrN2O2. The molecule has 1 aliphatic heterocycles. The molecule has 1 heterocycles. The van der Waals surface area contributed by atoms with Crippen LogP contribution < -0.4 is 4.90 Å². The van der Waals surface area contributed by atoms with Crippen LogP contribution in [-0.2, 0) is 9.53 Å². The van der Waals surface area contributed by atoms with Crippen LogP contribution in [0.1, 0.15) is 25.3 Å². The molecule has 4 nitrogen and oxygen atoms in total. The van der Waals surface area contributed by atoms with Crippen LogP contribution >= 0.6 is 15.9 Å². The fourth-order valence-corrected chi connectivity index (χ4v) is 2.94. The molecule has 1 aliphatic rings. The average Bonchev–Trinajstić information content (AvgIpc) is 2.48. The Kier molecular flexibility index (Phi) is 5.02. The van der Waals surface area contributed by atoms with E-state index in [1.807, 2.05) is 19.1 Å². The summed E-state index contributed by atoms with van der Waals surface area (Å²) in [5.41, 5.74) is 1.67. The first-order valence-electron chi connectivity index (χ1n) is 6.77. The van der Waals surface area contributed by atoms with E-state index in [0.29, 0.717) is 12.2 Å². The summed E-state index contributed by atoms with van der Waals surface area (Å²) in [6.07, 6.45) is 1.59. The smallest absolute Gasteiger partial charge is 0.309 e. The third kappa shape index (κ3) is 3.31. The van der Waals surface area contributed by atoms with Crippen LogP contribution in [0, 0.1) is 17.2 Å². The predicted octanol–water partition coefficient (Wildman–Crippen LogP) is 3.10. The molecule has 20 heavy (non-hydrogen) atoms. The largest absolute Gasteiger partial charge is 0.466 e. The van der Waals surface area contributed by atoms with E-state index in [0.717, 1.165) is 36.1 Å². The summed E-state index contributed by atoms with van der Waals surface area (Å²) in [7, 11) is 0. The maximum atomic E-state index is 11.7. The molecule has 0 saturated carbocycles. The number of hydrogen-bond donors (Lipinski definition) is 0. The third-order valence-electron chi connectivity index (χ3n) is 3.53. The fourth-order valence-electron chi connectivity index (χ4n) is 2.44. The second-order valence-electron chi connectivity index (χ2n) is 4.79. The van der Waals surface area contributed by atoms with Gasteiger partial charge in [-0.2, -0.15) is 5.26 Å². The Morgan fingerprint density at radius 3 is 2.80 bits per heavy atom. The molecule has 0 radical (unpaired) electrons. The number of esters is 1. The predicted molar refractivity (Wildman–Crippen MR) is 80.4 cm³/mol. The normalized spacial score (nSPS) is 15.8. The molecule has 0 N–H and O–H groups in total. The van der Waals surface area contributed by atoms with Gasteiger partial charge in [0, 0.05) is 17.6 Å². The van der Waals surface area contributed by atoms with Crippen molar-refractivity contribution >= 4 is 27.6 Å². The zero-order valence-electron chi connectivity index (χ0n) is 11.4. The highest BCUT2D eigenvalue weighted by Crippen LogP contribution is 2.31. The molecule has 0 aromatic heterocycles. The Morgan fingerprint density at radius 2 is 2.20 bits per heavy atom. The Labute approximate surface area is 127 Å². The highest BCUT2D eigenvalue weighted by atomic mass is 79.9. The Bertz CT molecular complexity index is 531. The maximum Gasteiger partial charge on any atom is 0.309 e. The van der Waals surface area contributed by atoms with E-state index in [4.69, 9.17) is 10.00 Å². The lowest BCUT2D eigenvalue weighted by Crippen LogP contribution is -2.37. The average molecular weight is 337 g/mol. The van der Waals surface area contributed by atoms with Gasteiger partial charge < -0.3 is 9.64 Å². The molecule has 1 aromatic rings. The second kappa shape index (κ2) is 6.76. The van der Waals surface area contributed by atoms with Gasteiger partial charge >= 0.3 is 5.97 Å². The van der Waals surface area contributed by atoms with Crippen LogP contribution in [-0.4, -0.2) is 25.7 Å². The van der Waals surface area contributed by atoms with E-state index in [2.05, 4.69) is 26.9 Å². The van der Waals surface area contributed by atoms with Crippen LogP contribution in [0.5, 0.6) is 0 Å². The molecule has 0 unspecified atom stereocenters. The van der Waals surface area contributed by atoms with Gasteiger partial charge in [-0.05, 0) is 53.9 Å². The van der Waals surface area contributed by atoms with Gasteiger partial charge in [0.2, 0.25) is 0 Å². The summed E-state index contributed by atoms with van der Waals surface area (Å²) in [4.78, 5) is 13.9. The van der Waals surface area contributed by atoms with E-state index in [1.165, 1.54) is 0 Å². The zero-order chi connectivity index (χ0) is 14.5. The van der Waals surface area contributed by atoms with Gasteiger partial charge in [0.25, 0.3) is 0 Å². The number of benzene rings is 1. The summed E-state index contributed by atoms with van der Waals surface area (Å²) in [5, 5.41) is 8.98. The number of anilines is 1. The van der Waals surface area contributed by atoms with Gasteiger partial charge in [-0.3, -0.25) is 4.79 Å². The molecule has 0 amide bonds. The summed E-state index contributed by atoms with van der Waals surface area (Å²) in [6, 6.07) is 7.72. The second-order valence-corrected chi connectivity index (χ2v) is 5.65. The van der Waals surface area contributed by atoms with Crippen LogP contribution in [0.2, 0.25) is 0 Å². The number of ether oxygens (including phenoxy) is 1. The minimum Gasteiger partial charge on any atom is -0.466 e. The van der Waals surface area contributed by atoms with Gasteiger partial charge in [0.05, 0.1) is 29.8 Å². The van der Waals surface area contributed by atoms with E-state index in [9.17, 15) is 4.79 Å². The van der Waals surface area contributed by atoms with Crippen molar-refractivity contribution in [3.8, 4) is 6.07 Å². The number of rotatable bonds is 3. The van der Waals surface area contributed by atoms with Crippen molar-refractivity contribution in [3.05, 3.63) is 28.2 Å². The first-order valence-corrected chi connectivity index (χ1v) is 7.56. The summed E-state index contributed by atoms with van der Waals surface area (Å²) in [5.74, 6) is -0.0823. The lowest BCUT2D eigenvalue weighted by atomic mass is 9.96. The number of carbonyl (C=O) groups excluding carboxylic acids is 1. The highest BCUT2D eigenvalue weighted by molar-refractivity contribution is 9.10. The van der Waals surface area contributed by atoms with Crippen LogP contribution in [0.15, 0.2) is 22.7 Å². The summed E-state index contributed by atoms with van der Waals surface area (Å²) < 4.78 is 6.05. The summed E-state index contributed by atoms with van der Waals surface area (Å²) in [6.45, 7) is 3.88. The van der Waals surface area contributed by atoms with E-state index in [1.54, 1.807) is 6.07 Å². The Hall–Kier alpha value is -1.54. The number of halogens is 1. The van der Waals surface area contributed by atoms with Crippen molar-refractivity contribution in [2.75, 3.05) is 24.6 Å². The standard InChI is InChI=1S/C15H17BrN2O2/c1-2-20-15(19)12-5-7-18(8-6-12)14-9-11(10-17)3-4-13(14)16/h3-4,9,12H,2,5-8H2,1H3. The van der Waals surface area contributed by atoms with Crippen molar-refractivity contribution < 1.29 is 9.53 Å². The number of hydrogen-bond acceptors (Lipinski definition) is 4. The molecule has 106 valence electrons. The van der Waals surface area contributed by atoms with E-state index >= 15 is 0 Å². The maximum absolute atomic E-state index is 11.7. The van der Waals surface area contributed by atoms with Crippen molar-refractivity contribution in [1.29, 1.82) is 5.26 Å². The van der Waals surface area contributed by atoms with Gasteiger partial charge in [0.1, 0.15) is 0 Å². The first-order chi connectivity index (χ1) is 9.65. The SMILES string of the molecule is CCOC(=O)C1CCN(c2cc(C#N)ccc2Br)CC1. The van der Waals surface area contributed by atoms with Crippen LogP contribution in [0.3, 0.4) is 0 Å². The zero-order valence-corrected chi connectivity index (χ0v) is 13.0. The number of nitrogens with zero attached hydrogens (tertiary/aromatic N) is 2. The molecule has 5 heteroatoms. The lowest BCUT2D eigenvalue weighted by molar-refractivity contribution is -0.148. The van der Waals surface area contributed by atoms with Gasteiger partial charge in [0.15, 0.2) is 0 Å².